The van der Waals surface area contributed by atoms with Crippen LogP contribution in [0.3, 0.4) is 0 Å². The summed E-state index contributed by atoms with van der Waals surface area (Å²) in [7, 11) is 0. The fraction of sp³-hybridized carbons (Fsp3) is 0.429. The Balaban J connectivity index is 2.54. The zero-order chi connectivity index (χ0) is 9.84. The van der Waals surface area contributed by atoms with Gasteiger partial charge in [-0.15, -0.1) is 11.3 Å². The normalized spacial score (nSPS) is 12.5. The lowest BCUT2D eigenvalue weighted by atomic mass is 10.2. The maximum Gasteiger partial charge on any atom is 0.329 e. The second-order valence-electron chi connectivity index (χ2n) is 2.46. The first-order valence-corrected chi connectivity index (χ1v) is 4.69. The van der Waals surface area contributed by atoms with E-state index < -0.39 is 12.0 Å². The van der Waals surface area contributed by atoms with E-state index in [0.29, 0.717) is 11.6 Å². The van der Waals surface area contributed by atoms with Gasteiger partial charge in [0.05, 0.1) is 5.38 Å². The van der Waals surface area contributed by atoms with Crippen molar-refractivity contribution in [3.8, 4) is 5.88 Å². The van der Waals surface area contributed by atoms with E-state index in [2.05, 4.69) is 4.98 Å². The molecule has 0 radical (unpaired) electrons. The Labute approximate surface area is 79.7 Å². The number of hydrogen-bond donors (Lipinski definition) is 2. The zero-order valence-corrected chi connectivity index (χ0v) is 8.00. The predicted molar refractivity (Wildman–Crippen MR) is 50.4 cm³/mol. The van der Waals surface area contributed by atoms with Gasteiger partial charge in [0.1, 0.15) is 6.04 Å². The number of nitrogen functional groups attached to an aromatic ring is 1. The third kappa shape index (κ3) is 2.67. The number of nitrogens with two attached hydrogens (primary N) is 2. The van der Waals surface area contributed by atoms with Gasteiger partial charge >= 0.3 is 5.97 Å². The largest absolute Gasteiger partial charge is 0.405 e. The Morgan fingerprint density at radius 2 is 2.54 bits per heavy atom. The Hall–Kier alpha value is -1.14. The molecular formula is C7H11N3O2S. The van der Waals surface area contributed by atoms with E-state index in [9.17, 15) is 4.79 Å². The minimum Gasteiger partial charge on any atom is -0.405 e. The summed E-state index contributed by atoms with van der Waals surface area (Å²) in [4.78, 5) is 14.9. The van der Waals surface area contributed by atoms with Crippen molar-refractivity contribution in [3.63, 3.8) is 0 Å². The molecule has 0 saturated carbocycles. The fourth-order valence-electron chi connectivity index (χ4n) is 0.664. The van der Waals surface area contributed by atoms with Crippen LogP contribution in [-0.4, -0.2) is 17.0 Å². The van der Waals surface area contributed by atoms with Crippen molar-refractivity contribution in [2.75, 3.05) is 5.73 Å². The number of esters is 1. The molecule has 13 heavy (non-hydrogen) atoms. The molecule has 0 amide bonds. The number of carbonyl (C=O) groups excluding carboxylic acids is 1. The number of hydrogen-bond acceptors (Lipinski definition) is 6. The molecule has 1 aromatic heterocycles. The third-order valence-corrected chi connectivity index (χ3v) is 2.10. The average Bonchev–Trinajstić information content (AvgIpc) is 2.49. The fourth-order valence-corrected chi connectivity index (χ4v) is 1.13. The maximum atomic E-state index is 11.1. The van der Waals surface area contributed by atoms with Crippen LogP contribution in [0.2, 0.25) is 0 Å². The molecular weight excluding hydrogens is 190 g/mol. The van der Waals surface area contributed by atoms with Crippen molar-refractivity contribution in [2.24, 2.45) is 5.73 Å². The summed E-state index contributed by atoms with van der Waals surface area (Å²) in [5.41, 5.74) is 10.8. The molecule has 5 nitrogen and oxygen atoms in total. The van der Waals surface area contributed by atoms with Gasteiger partial charge in [-0.05, 0) is 6.42 Å². The van der Waals surface area contributed by atoms with Crippen LogP contribution >= 0.6 is 11.3 Å². The first kappa shape index (κ1) is 9.94. The Kier molecular flexibility index (Phi) is 3.21. The lowest BCUT2D eigenvalue weighted by molar-refractivity contribution is -0.136. The summed E-state index contributed by atoms with van der Waals surface area (Å²) in [6, 6.07) is -0.595. The predicted octanol–water partition coefficient (Wildman–Crippen LogP) is 0.368. The van der Waals surface area contributed by atoms with Gasteiger partial charge in [-0.1, -0.05) is 6.92 Å². The van der Waals surface area contributed by atoms with E-state index in [-0.39, 0.29) is 5.88 Å². The highest BCUT2D eigenvalue weighted by molar-refractivity contribution is 7.13. The number of rotatable bonds is 3. The van der Waals surface area contributed by atoms with Gasteiger partial charge in [0, 0.05) is 0 Å². The number of anilines is 1. The van der Waals surface area contributed by atoms with Gasteiger partial charge in [0.15, 0.2) is 5.13 Å². The number of ether oxygens (including phenoxy) is 1. The van der Waals surface area contributed by atoms with Crippen molar-refractivity contribution in [1.82, 2.24) is 4.98 Å². The van der Waals surface area contributed by atoms with E-state index in [4.69, 9.17) is 16.2 Å². The van der Waals surface area contributed by atoms with E-state index in [1.807, 2.05) is 0 Å². The first-order valence-electron chi connectivity index (χ1n) is 3.81. The van der Waals surface area contributed by atoms with Crippen LogP contribution in [0.25, 0.3) is 0 Å². The molecule has 0 aromatic carbocycles. The summed E-state index contributed by atoms with van der Waals surface area (Å²) in [5, 5.41) is 1.93. The topological polar surface area (TPSA) is 91.2 Å². The molecule has 72 valence electrons. The molecule has 6 heteroatoms. The number of nitrogens with zero attached hydrogens (tertiary/aromatic N) is 1. The minimum absolute atomic E-state index is 0.219. The highest BCUT2D eigenvalue weighted by Crippen LogP contribution is 2.17. The summed E-state index contributed by atoms with van der Waals surface area (Å²) in [6.07, 6.45) is 0.540. The molecule has 0 saturated heterocycles. The van der Waals surface area contributed by atoms with Gasteiger partial charge < -0.3 is 16.2 Å². The van der Waals surface area contributed by atoms with Crippen molar-refractivity contribution in [3.05, 3.63) is 5.38 Å². The van der Waals surface area contributed by atoms with Gasteiger partial charge in [0.25, 0.3) is 0 Å². The average molecular weight is 201 g/mol. The van der Waals surface area contributed by atoms with Crippen molar-refractivity contribution in [1.29, 1.82) is 0 Å². The monoisotopic (exact) mass is 201 g/mol. The zero-order valence-electron chi connectivity index (χ0n) is 7.19. The van der Waals surface area contributed by atoms with Crippen LogP contribution in [0.4, 0.5) is 5.13 Å². The third-order valence-electron chi connectivity index (χ3n) is 1.45. The molecule has 0 aliphatic rings. The van der Waals surface area contributed by atoms with Gasteiger partial charge in [-0.25, -0.2) is 4.79 Å². The molecule has 0 unspecified atom stereocenters. The Bertz CT molecular complexity index is 300. The highest BCUT2D eigenvalue weighted by atomic mass is 32.1. The standard InChI is InChI=1S/C7H11N3O2S/c1-2-4(8)6(11)12-5-3-13-7(9)10-5/h3-4H,2,8H2,1H3,(H2,9,10)/t4-/m0/s1. The van der Waals surface area contributed by atoms with Crippen LogP contribution < -0.4 is 16.2 Å². The lowest BCUT2D eigenvalue weighted by Gasteiger charge is -2.05. The van der Waals surface area contributed by atoms with Gasteiger partial charge in [0.2, 0.25) is 5.88 Å². The first-order chi connectivity index (χ1) is 6.13. The maximum absolute atomic E-state index is 11.1. The van der Waals surface area contributed by atoms with Crippen LogP contribution in [0.5, 0.6) is 5.88 Å². The minimum atomic E-state index is -0.595. The number of thiazole rings is 1. The molecule has 0 aliphatic carbocycles. The Morgan fingerprint density at radius 1 is 1.85 bits per heavy atom. The molecule has 1 heterocycles. The van der Waals surface area contributed by atoms with E-state index >= 15 is 0 Å². The molecule has 0 fully saturated rings. The molecule has 1 aromatic rings. The van der Waals surface area contributed by atoms with Gasteiger partial charge in [-0.3, -0.25) is 0 Å². The summed E-state index contributed by atoms with van der Waals surface area (Å²) >= 11 is 1.21. The number of carbonyl (C=O) groups is 1. The Morgan fingerprint density at radius 3 is 3.00 bits per heavy atom. The molecule has 0 bridgehead atoms. The molecule has 1 atom stereocenters. The lowest BCUT2D eigenvalue weighted by Crippen LogP contribution is -2.33. The summed E-state index contributed by atoms with van der Waals surface area (Å²) in [6.45, 7) is 1.81. The summed E-state index contributed by atoms with van der Waals surface area (Å²) in [5.74, 6) is -0.260. The molecule has 0 aliphatic heterocycles. The molecule has 1 rings (SSSR count). The van der Waals surface area contributed by atoms with E-state index in [1.54, 1.807) is 12.3 Å². The van der Waals surface area contributed by atoms with Crippen molar-refractivity contribution < 1.29 is 9.53 Å². The smallest absolute Gasteiger partial charge is 0.329 e. The van der Waals surface area contributed by atoms with Crippen LogP contribution in [0.1, 0.15) is 13.3 Å². The van der Waals surface area contributed by atoms with Crippen molar-refractivity contribution >= 4 is 22.4 Å². The SMILES string of the molecule is CC[C@H](N)C(=O)Oc1csc(N)n1. The second kappa shape index (κ2) is 4.20. The van der Waals surface area contributed by atoms with E-state index in [1.165, 1.54) is 11.3 Å². The van der Waals surface area contributed by atoms with Crippen LogP contribution in [0.15, 0.2) is 5.38 Å². The quantitative estimate of drug-likeness (QED) is 0.689. The van der Waals surface area contributed by atoms with Gasteiger partial charge in [-0.2, -0.15) is 4.98 Å². The van der Waals surface area contributed by atoms with E-state index in [0.717, 1.165) is 0 Å². The second-order valence-corrected chi connectivity index (χ2v) is 3.35. The van der Waals surface area contributed by atoms with Crippen molar-refractivity contribution in [2.45, 2.75) is 19.4 Å². The molecule has 0 spiro atoms. The highest BCUT2D eigenvalue weighted by Gasteiger charge is 2.14. The summed E-state index contributed by atoms with van der Waals surface area (Å²) < 4.78 is 4.84. The molecule has 4 N–H and O–H groups in total. The van der Waals surface area contributed by atoms with Crippen LogP contribution in [-0.2, 0) is 4.79 Å². The van der Waals surface area contributed by atoms with Crippen LogP contribution in [0, 0.1) is 0 Å². The number of aromatic nitrogens is 1.